The third-order valence-electron chi connectivity index (χ3n) is 7.26. The number of benzene rings is 2. The molecule has 1 aliphatic heterocycles. The van der Waals surface area contributed by atoms with E-state index < -0.39 is 6.04 Å². The number of nitrogens with zero attached hydrogens (tertiary/aromatic N) is 5. The number of ether oxygens (including phenoxy) is 3. The van der Waals surface area contributed by atoms with Crippen LogP contribution in [-0.4, -0.2) is 56.9 Å². The van der Waals surface area contributed by atoms with Crippen LogP contribution in [0.4, 0.5) is 0 Å². The number of nitrogens with one attached hydrogen (secondary N) is 1. The van der Waals surface area contributed by atoms with Crippen molar-refractivity contribution < 1.29 is 23.8 Å². The molecule has 3 heterocycles. The van der Waals surface area contributed by atoms with Gasteiger partial charge in [-0.3, -0.25) is 9.59 Å². The second-order valence-electron chi connectivity index (χ2n) is 9.99. The fourth-order valence-corrected chi connectivity index (χ4v) is 5.99. The lowest BCUT2D eigenvalue weighted by Gasteiger charge is -2.31. The van der Waals surface area contributed by atoms with Gasteiger partial charge >= 0.3 is 0 Å². The van der Waals surface area contributed by atoms with Gasteiger partial charge in [-0.15, -0.1) is 21.5 Å². The SMILES string of the molecule is COc1ccc(-c2nnn(CC(=O)N(Cc3ccc4c(c3)OCO4)C(C(=O)NC3CCCC3)c3cccs3)n2)cc1. The van der Waals surface area contributed by atoms with E-state index in [9.17, 15) is 9.59 Å². The molecule has 2 aliphatic rings. The van der Waals surface area contributed by atoms with E-state index in [-0.39, 0.29) is 37.7 Å². The van der Waals surface area contributed by atoms with E-state index in [1.165, 1.54) is 16.1 Å². The number of carbonyl (C=O) groups is 2. The number of thiophene rings is 1. The molecule has 1 fully saturated rings. The van der Waals surface area contributed by atoms with Gasteiger partial charge in [-0.1, -0.05) is 25.0 Å². The zero-order valence-electron chi connectivity index (χ0n) is 22.6. The van der Waals surface area contributed by atoms with Crippen LogP contribution in [0.5, 0.6) is 17.2 Å². The van der Waals surface area contributed by atoms with Crippen molar-refractivity contribution in [3.8, 4) is 28.6 Å². The molecule has 0 bridgehead atoms. The average Bonchev–Trinajstić information content (AvgIpc) is 3.81. The second kappa shape index (κ2) is 12.0. The van der Waals surface area contributed by atoms with Crippen LogP contribution in [-0.2, 0) is 22.7 Å². The van der Waals surface area contributed by atoms with Crippen LogP contribution in [0.25, 0.3) is 11.4 Å². The van der Waals surface area contributed by atoms with Crippen LogP contribution < -0.4 is 19.5 Å². The Kier molecular flexibility index (Phi) is 7.81. The van der Waals surface area contributed by atoms with E-state index in [1.54, 1.807) is 12.0 Å². The molecule has 0 radical (unpaired) electrons. The Balaban J connectivity index is 1.29. The summed E-state index contributed by atoms with van der Waals surface area (Å²) in [5.41, 5.74) is 1.55. The number of rotatable bonds is 10. The summed E-state index contributed by atoms with van der Waals surface area (Å²) in [4.78, 5) is 31.4. The molecule has 0 spiro atoms. The lowest BCUT2D eigenvalue weighted by atomic mass is 10.1. The summed E-state index contributed by atoms with van der Waals surface area (Å²) in [6.07, 6.45) is 4.05. The predicted molar refractivity (Wildman–Crippen MR) is 150 cm³/mol. The van der Waals surface area contributed by atoms with E-state index in [2.05, 4.69) is 20.7 Å². The van der Waals surface area contributed by atoms with Gasteiger partial charge < -0.3 is 24.4 Å². The highest BCUT2D eigenvalue weighted by atomic mass is 32.1. The minimum Gasteiger partial charge on any atom is -0.497 e. The van der Waals surface area contributed by atoms with Gasteiger partial charge in [0.1, 0.15) is 18.3 Å². The van der Waals surface area contributed by atoms with Crippen molar-refractivity contribution in [3.63, 3.8) is 0 Å². The van der Waals surface area contributed by atoms with E-state index in [1.807, 2.05) is 60.0 Å². The highest BCUT2D eigenvalue weighted by Gasteiger charge is 2.34. The molecule has 2 amide bonds. The van der Waals surface area contributed by atoms with Crippen LogP contribution in [0.15, 0.2) is 60.0 Å². The first-order chi connectivity index (χ1) is 20.1. The molecule has 41 heavy (non-hydrogen) atoms. The van der Waals surface area contributed by atoms with Crippen LogP contribution in [0.1, 0.15) is 42.2 Å². The maximum atomic E-state index is 14.0. The third kappa shape index (κ3) is 6.02. The number of aromatic nitrogens is 4. The normalized spacial score (nSPS) is 15.0. The number of methoxy groups -OCH3 is 1. The highest BCUT2D eigenvalue weighted by Crippen LogP contribution is 2.35. The zero-order chi connectivity index (χ0) is 28.2. The van der Waals surface area contributed by atoms with Crippen molar-refractivity contribution in [2.24, 2.45) is 0 Å². The molecule has 1 atom stereocenters. The Labute approximate surface area is 241 Å². The molecule has 2 aromatic heterocycles. The summed E-state index contributed by atoms with van der Waals surface area (Å²) in [5, 5.41) is 17.8. The largest absolute Gasteiger partial charge is 0.497 e. The van der Waals surface area contributed by atoms with Crippen molar-refractivity contribution in [2.45, 2.75) is 50.9 Å². The molecule has 4 aromatic rings. The maximum absolute atomic E-state index is 14.0. The van der Waals surface area contributed by atoms with Crippen LogP contribution in [0.2, 0.25) is 0 Å². The fourth-order valence-electron chi connectivity index (χ4n) is 5.16. The van der Waals surface area contributed by atoms with Crippen molar-refractivity contribution in [1.29, 1.82) is 0 Å². The number of tetrazole rings is 1. The molecule has 12 heteroatoms. The maximum Gasteiger partial charge on any atom is 0.248 e. The van der Waals surface area contributed by atoms with Crippen molar-refractivity contribution in [2.75, 3.05) is 13.9 Å². The molecule has 212 valence electrons. The molecular formula is C29H30N6O5S. The number of hydrogen-bond acceptors (Lipinski definition) is 9. The lowest BCUT2D eigenvalue weighted by molar-refractivity contribution is -0.142. The van der Waals surface area contributed by atoms with Crippen molar-refractivity contribution in [1.82, 2.24) is 30.4 Å². The fraction of sp³-hybridized carbons (Fsp3) is 0.345. The monoisotopic (exact) mass is 574 g/mol. The van der Waals surface area contributed by atoms with E-state index in [0.717, 1.165) is 41.7 Å². The summed E-state index contributed by atoms with van der Waals surface area (Å²) >= 11 is 1.44. The third-order valence-corrected chi connectivity index (χ3v) is 8.19. The van der Waals surface area contributed by atoms with Gasteiger partial charge in [0.05, 0.1) is 7.11 Å². The smallest absolute Gasteiger partial charge is 0.248 e. The molecule has 1 saturated carbocycles. The van der Waals surface area contributed by atoms with Gasteiger partial charge in [0.2, 0.25) is 24.4 Å². The summed E-state index contributed by atoms with van der Waals surface area (Å²) in [7, 11) is 1.60. The van der Waals surface area contributed by atoms with E-state index in [4.69, 9.17) is 14.2 Å². The lowest BCUT2D eigenvalue weighted by Crippen LogP contribution is -2.46. The number of carbonyl (C=O) groups excluding carboxylic acids is 2. The Hall–Kier alpha value is -4.45. The minimum atomic E-state index is -0.821. The first kappa shape index (κ1) is 26.8. The molecule has 1 N–H and O–H groups in total. The standard InChI is InChI=1S/C29H30N6O5S/c1-38-22-11-9-20(10-12-22)28-31-33-35(32-28)17-26(36)34(16-19-8-13-23-24(15-19)40-18-39-23)27(25-7-4-14-41-25)29(37)30-21-5-2-3-6-21/h4,7-15,21,27H,2-3,5-6,16-18H2,1H3,(H,30,37). The topological polar surface area (TPSA) is 121 Å². The number of fused-ring (bicyclic) bond motifs is 1. The molecular weight excluding hydrogens is 544 g/mol. The zero-order valence-corrected chi connectivity index (χ0v) is 23.4. The van der Waals surface area contributed by atoms with Gasteiger partial charge in [0.25, 0.3) is 0 Å². The Morgan fingerprint density at radius 3 is 2.68 bits per heavy atom. The minimum absolute atomic E-state index is 0.108. The first-order valence-corrected chi connectivity index (χ1v) is 14.4. The molecule has 2 aromatic carbocycles. The van der Waals surface area contributed by atoms with Gasteiger partial charge in [-0.05, 0) is 71.5 Å². The number of hydrogen-bond donors (Lipinski definition) is 1. The van der Waals surface area contributed by atoms with Gasteiger partial charge in [-0.2, -0.15) is 4.80 Å². The predicted octanol–water partition coefficient (Wildman–Crippen LogP) is 3.97. The molecule has 1 unspecified atom stereocenters. The van der Waals surface area contributed by atoms with Gasteiger partial charge in [0.15, 0.2) is 11.5 Å². The van der Waals surface area contributed by atoms with Crippen molar-refractivity contribution >= 4 is 23.2 Å². The van der Waals surface area contributed by atoms with Crippen LogP contribution >= 0.6 is 11.3 Å². The Morgan fingerprint density at radius 2 is 1.93 bits per heavy atom. The first-order valence-electron chi connectivity index (χ1n) is 13.5. The molecule has 11 nitrogen and oxygen atoms in total. The van der Waals surface area contributed by atoms with E-state index in [0.29, 0.717) is 23.1 Å². The average molecular weight is 575 g/mol. The molecule has 1 aliphatic carbocycles. The quantitative estimate of drug-likeness (QED) is 0.302. The van der Waals surface area contributed by atoms with Gasteiger partial charge in [0, 0.05) is 23.0 Å². The highest BCUT2D eigenvalue weighted by molar-refractivity contribution is 7.10. The van der Waals surface area contributed by atoms with E-state index >= 15 is 0 Å². The van der Waals surface area contributed by atoms with Crippen LogP contribution in [0, 0.1) is 0 Å². The van der Waals surface area contributed by atoms with Crippen molar-refractivity contribution in [3.05, 3.63) is 70.4 Å². The Morgan fingerprint density at radius 1 is 1.12 bits per heavy atom. The molecule has 6 rings (SSSR count). The summed E-state index contributed by atoms with van der Waals surface area (Å²) in [6.45, 7) is 0.139. The Bertz CT molecular complexity index is 1500. The summed E-state index contributed by atoms with van der Waals surface area (Å²) in [5.74, 6) is 1.85. The molecule has 0 saturated heterocycles. The number of amides is 2. The summed E-state index contributed by atoms with van der Waals surface area (Å²) in [6, 6.07) is 15.9. The van der Waals surface area contributed by atoms with Crippen LogP contribution in [0.3, 0.4) is 0 Å². The van der Waals surface area contributed by atoms with Gasteiger partial charge in [-0.25, -0.2) is 0 Å². The second-order valence-corrected chi connectivity index (χ2v) is 11.0. The summed E-state index contributed by atoms with van der Waals surface area (Å²) < 4.78 is 16.2.